The molecular formula is C4H7N3. The van der Waals surface area contributed by atoms with E-state index in [9.17, 15) is 0 Å². The van der Waals surface area contributed by atoms with Gasteiger partial charge < -0.3 is 5.41 Å². The second-order valence-corrected chi connectivity index (χ2v) is 1.09. The fraction of sp³-hybridized carbons (Fsp3) is 0.250. The summed E-state index contributed by atoms with van der Waals surface area (Å²) in [5.74, 6) is 0. The van der Waals surface area contributed by atoms with Crippen LogP contribution in [0.25, 0.3) is 0 Å². The predicted octanol–water partition coefficient (Wildman–Crippen LogP) is 0.704. The lowest BCUT2D eigenvalue weighted by molar-refractivity contribution is 1.50. The average molecular weight is 97.1 g/mol. The van der Waals surface area contributed by atoms with Crippen LogP contribution in [0.4, 0.5) is 0 Å². The Morgan fingerprint density at radius 1 is 1.71 bits per heavy atom. The Balaban J connectivity index is 3.46. The Kier molecular flexibility index (Phi) is 2.76. The molecule has 0 saturated carbocycles. The summed E-state index contributed by atoms with van der Waals surface area (Å²) in [7, 11) is 0. The summed E-state index contributed by atoms with van der Waals surface area (Å²) < 4.78 is 0. The van der Waals surface area contributed by atoms with Crippen molar-refractivity contribution in [3.63, 3.8) is 0 Å². The van der Waals surface area contributed by atoms with E-state index < -0.39 is 0 Å². The van der Waals surface area contributed by atoms with Crippen molar-refractivity contribution < 1.29 is 0 Å². The van der Waals surface area contributed by atoms with Crippen LogP contribution < -0.4 is 0 Å². The topological polar surface area (TPSA) is 60.1 Å². The summed E-state index contributed by atoms with van der Waals surface area (Å²) in [5, 5.41) is 13.1. The molecule has 0 aliphatic carbocycles. The summed E-state index contributed by atoms with van der Waals surface area (Å²) in [5.41, 5.74) is 0.364. The normalized spacial score (nSPS) is 9.29. The monoisotopic (exact) mass is 97.1 g/mol. The van der Waals surface area contributed by atoms with Gasteiger partial charge in [-0.25, -0.2) is 4.99 Å². The van der Waals surface area contributed by atoms with Crippen molar-refractivity contribution in [2.75, 3.05) is 0 Å². The van der Waals surface area contributed by atoms with Crippen molar-refractivity contribution in [3.8, 4) is 0 Å². The molecule has 0 aliphatic heterocycles. The Bertz CT molecular complexity index is 104. The van der Waals surface area contributed by atoms with Gasteiger partial charge in [0.15, 0.2) is 0 Å². The molecule has 0 saturated heterocycles. The third-order valence-electron chi connectivity index (χ3n) is 0.343. The third kappa shape index (κ3) is 5.01. The molecule has 0 aromatic rings. The highest BCUT2D eigenvalue weighted by atomic mass is 14.7. The molecule has 0 atom stereocenters. The van der Waals surface area contributed by atoms with Gasteiger partial charge >= 0.3 is 0 Å². The lowest BCUT2D eigenvalue weighted by Crippen LogP contribution is -1.86. The van der Waals surface area contributed by atoms with Gasteiger partial charge in [0.1, 0.15) is 6.34 Å². The van der Waals surface area contributed by atoms with Crippen molar-refractivity contribution in [2.45, 2.75) is 6.92 Å². The van der Waals surface area contributed by atoms with Crippen molar-refractivity contribution in [3.05, 3.63) is 0 Å². The van der Waals surface area contributed by atoms with Crippen LogP contribution in [-0.2, 0) is 0 Å². The minimum absolute atomic E-state index is 0.364. The van der Waals surface area contributed by atoms with E-state index in [0.717, 1.165) is 6.34 Å². The van der Waals surface area contributed by atoms with Gasteiger partial charge in [-0.15, -0.1) is 0 Å². The largest absolute Gasteiger partial charge is 0.304 e. The number of hydrogen-bond acceptors (Lipinski definition) is 2. The maximum absolute atomic E-state index is 6.74. The summed E-state index contributed by atoms with van der Waals surface area (Å²) in [6.45, 7) is 1.60. The molecule has 0 aliphatic rings. The lowest BCUT2D eigenvalue weighted by Gasteiger charge is -1.73. The van der Waals surface area contributed by atoms with Gasteiger partial charge in [-0.2, -0.15) is 0 Å². The predicted molar refractivity (Wildman–Crippen MR) is 30.7 cm³/mol. The van der Waals surface area contributed by atoms with Crippen LogP contribution in [0.1, 0.15) is 6.92 Å². The Labute approximate surface area is 42.1 Å². The Morgan fingerprint density at radius 2 is 2.29 bits per heavy atom. The summed E-state index contributed by atoms with van der Waals surface area (Å²) in [4.78, 5) is 3.36. The van der Waals surface area contributed by atoms with Gasteiger partial charge in [-0.3, -0.25) is 5.41 Å². The van der Waals surface area contributed by atoms with Gasteiger partial charge in [0.25, 0.3) is 0 Å². The van der Waals surface area contributed by atoms with E-state index >= 15 is 0 Å². The molecule has 0 bridgehead atoms. The first-order chi connectivity index (χ1) is 3.27. The number of rotatable bonds is 2. The fourth-order valence-corrected chi connectivity index (χ4v) is 0.149. The number of nitrogens with zero attached hydrogens (tertiary/aromatic N) is 1. The molecule has 0 rings (SSSR count). The molecule has 3 heteroatoms. The molecule has 0 spiro atoms. The Hall–Kier alpha value is -0.990. The smallest absolute Gasteiger partial charge is 0.106 e. The molecule has 0 heterocycles. The van der Waals surface area contributed by atoms with Gasteiger partial charge in [-0.1, -0.05) is 0 Å². The highest BCUT2D eigenvalue weighted by molar-refractivity contribution is 6.28. The van der Waals surface area contributed by atoms with Crippen LogP contribution in [0.3, 0.4) is 0 Å². The average Bonchev–Trinajstić information content (AvgIpc) is 1.61. The first kappa shape index (κ1) is 6.01. The van der Waals surface area contributed by atoms with E-state index in [4.69, 9.17) is 10.8 Å². The number of aliphatic imine (C=N–C) groups is 1. The van der Waals surface area contributed by atoms with Crippen molar-refractivity contribution in [2.24, 2.45) is 4.99 Å². The highest BCUT2D eigenvalue weighted by Crippen LogP contribution is 1.59. The van der Waals surface area contributed by atoms with Crippen LogP contribution in [0, 0.1) is 10.8 Å². The number of hydrogen-bond donors (Lipinski definition) is 2. The van der Waals surface area contributed by atoms with E-state index in [1.807, 2.05) is 0 Å². The fourth-order valence-electron chi connectivity index (χ4n) is 0.149. The Morgan fingerprint density at radius 3 is 2.43 bits per heavy atom. The van der Waals surface area contributed by atoms with Gasteiger partial charge in [0, 0.05) is 11.9 Å². The van der Waals surface area contributed by atoms with E-state index in [1.165, 1.54) is 6.21 Å². The maximum Gasteiger partial charge on any atom is 0.106 e. The third-order valence-corrected chi connectivity index (χ3v) is 0.343. The lowest BCUT2D eigenvalue weighted by atomic mass is 10.5. The van der Waals surface area contributed by atoms with E-state index in [2.05, 4.69) is 4.99 Å². The van der Waals surface area contributed by atoms with Crippen molar-refractivity contribution in [1.29, 1.82) is 10.8 Å². The quantitative estimate of drug-likeness (QED) is 0.376. The summed E-state index contributed by atoms with van der Waals surface area (Å²) in [6.07, 6.45) is 2.21. The van der Waals surface area contributed by atoms with Crippen LogP contribution in [0.2, 0.25) is 0 Å². The van der Waals surface area contributed by atoms with Crippen molar-refractivity contribution in [1.82, 2.24) is 0 Å². The van der Waals surface area contributed by atoms with E-state index in [0.29, 0.717) is 5.71 Å². The summed E-state index contributed by atoms with van der Waals surface area (Å²) >= 11 is 0. The first-order valence-electron chi connectivity index (χ1n) is 1.84. The highest BCUT2D eigenvalue weighted by Gasteiger charge is 1.70. The van der Waals surface area contributed by atoms with Crippen LogP contribution in [0.5, 0.6) is 0 Å². The second-order valence-electron chi connectivity index (χ2n) is 1.09. The summed E-state index contributed by atoms with van der Waals surface area (Å²) in [6, 6.07) is 0. The first-order valence-corrected chi connectivity index (χ1v) is 1.84. The molecule has 38 valence electrons. The minimum atomic E-state index is 0.364. The van der Waals surface area contributed by atoms with Crippen LogP contribution in [0.15, 0.2) is 4.99 Å². The standard InChI is InChI=1S/C4H7N3/c1-4(6)2-7-3-5/h2-3,5-6H,1H3. The molecule has 0 unspecified atom stereocenters. The van der Waals surface area contributed by atoms with Gasteiger partial charge in [-0.05, 0) is 6.92 Å². The zero-order chi connectivity index (χ0) is 5.70. The molecule has 0 aromatic carbocycles. The molecule has 7 heavy (non-hydrogen) atoms. The van der Waals surface area contributed by atoms with Crippen LogP contribution >= 0.6 is 0 Å². The van der Waals surface area contributed by atoms with Crippen molar-refractivity contribution >= 4 is 18.3 Å². The number of nitrogens with one attached hydrogen (secondary N) is 2. The molecule has 0 amide bonds. The zero-order valence-electron chi connectivity index (χ0n) is 4.10. The molecule has 0 aromatic heterocycles. The van der Waals surface area contributed by atoms with E-state index in [1.54, 1.807) is 6.92 Å². The maximum atomic E-state index is 6.74. The van der Waals surface area contributed by atoms with E-state index in [-0.39, 0.29) is 0 Å². The molecule has 2 N–H and O–H groups in total. The van der Waals surface area contributed by atoms with Crippen LogP contribution in [-0.4, -0.2) is 18.3 Å². The molecule has 0 radical (unpaired) electrons. The molecule has 0 fully saturated rings. The van der Waals surface area contributed by atoms with Gasteiger partial charge in [0.2, 0.25) is 0 Å². The minimum Gasteiger partial charge on any atom is -0.304 e. The molecule has 3 nitrogen and oxygen atoms in total. The zero-order valence-corrected chi connectivity index (χ0v) is 4.10. The van der Waals surface area contributed by atoms with Gasteiger partial charge in [0.05, 0.1) is 0 Å². The molecular weight excluding hydrogens is 90.1 g/mol. The SMILES string of the molecule is CC(=N)C=NC=N. The second kappa shape index (κ2) is 3.21.